The summed E-state index contributed by atoms with van der Waals surface area (Å²) in [6.45, 7) is 3.26. The number of benzene rings is 1. The number of piperidine rings is 1. The minimum atomic E-state index is -0.552. The van der Waals surface area contributed by atoms with E-state index in [2.05, 4.69) is 5.32 Å². The van der Waals surface area contributed by atoms with E-state index in [0.717, 1.165) is 6.29 Å². The number of carbonyl (C=O) groups is 3. The second-order valence-electron chi connectivity index (χ2n) is 7.14. The number of fused-ring (bicyclic) bond motifs is 1. The zero-order valence-electron chi connectivity index (χ0n) is 14.4. The van der Waals surface area contributed by atoms with Gasteiger partial charge >= 0.3 is 6.09 Å². The van der Waals surface area contributed by atoms with Gasteiger partial charge in [-0.25, -0.2) is 9.18 Å². The second-order valence-corrected chi connectivity index (χ2v) is 7.14. The van der Waals surface area contributed by atoms with Gasteiger partial charge in [0.05, 0.1) is 24.5 Å². The predicted octanol–water partition coefficient (Wildman–Crippen LogP) is 1.17. The van der Waals surface area contributed by atoms with Gasteiger partial charge in [0, 0.05) is 25.9 Å². The predicted molar refractivity (Wildman–Crippen MR) is 91.4 cm³/mol. The van der Waals surface area contributed by atoms with Crippen molar-refractivity contribution < 1.29 is 23.5 Å². The molecule has 0 aromatic heterocycles. The number of nitrogens with one attached hydrogen (secondary N) is 1. The van der Waals surface area contributed by atoms with Gasteiger partial charge in [0.15, 0.2) is 0 Å². The molecule has 1 aromatic carbocycles. The fraction of sp³-hybridized carbons (Fsp3) is 0.500. The Balaban J connectivity index is 1.42. The number of carbonyl (C=O) groups excluding carboxylic acids is 3. The minimum Gasteiger partial charge on any atom is -0.442 e. The molecule has 3 fully saturated rings. The van der Waals surface area contributed by atoms with Crippen LogP contribution in [-0.2, 0) is 14.3 Å². The fourth-order valence-electron chi connectivity index (χ4n) is 3.99. The maximum Gasteiger partial charge on any atom is 0.414 e. The molecule has 1 aliphatic carbocycles. The first-order chi connectivity index (χ1) is 12.5. The van der Waals surface area contributed by atoms with Gasteiger partial charge in [-0.2, -0.15) is 0 Å². The molecule has 1 aromatic rings. The number of halogens is 1. The second kappa shape index (κ2) is 6.26. The van der Waals surface area contributed by atoms with E-state index in [0.29, 0.717) is 36.3 Å². The van der Waals surface area contributed by atoms with Crippen LogP contribution < -0.4 is 15.1 Å². The van der Waals surface area contributed by atoms with E-state index in [1.165, 1.54) is 17.9 Å². The number of rotatable bonds is 5. The topological polar surface area (TPSA) is 79.0 Å². The molecule has 8 heteroatoms. The Bertz CT molecular complexity index is 759. The van der Waals surface area contributed by atoms with Crippen LogP contribution in [0.3, 0.4) is 0 Å². The highest BCUT2D eigenvalue weighted by Crippen LogP contribution is 2.51. The van der Waals surface area contributed by atoms with Gasteiger partial charge in [0.2, 0.25) is 5.91 Å². The van der Waals surface area contributed by atoms with E-state index in [1.807, 2.05) is 4.90 Å². The van der Waals surface area contributed by atoms with E-state index in [4.69, 9.17) is 4.74 Å². The molecule has 2 saturated heterocycles. The summed E-state index contributed by atoms with van der Waals surface area (Å²) in [4.78, 5) is 37.2. The Morgan fingerprint density at radius 3 is 2.69 bits per heavy atom. The molecule has 26 heavy (non-hydrogen) atoms. The summed E-state index contributed by atoms with van der Waals surface area (Å²) in [6.07, 6.45) is -0.00785. The Morgan fingerprint density at radius 1 is 1.35 bits per heavy atom. The van der Waals surface area contributed by atoms with Crippen molar-refractivity contribution >= 4 is 29.7 Å². The Kier molecular flexibility index (Phi) is 4.05. The van der Waals surface area contributed by atoms with E-state index in [9.17, 15) is 18.8 Å². The van der Waals surface area contributed by atoms with Gasteiger partial charge in [-0.15, -0.1) is 0 Å². The molecule has 7 nitrogen and oxygen atoms in total. The molecule has 0 bridgehead atoms. The molecule has 1 saturated carbocycles. The van der Waals surface area contributed by atoms with Crippen LogP contribution in [0.1, 0.15) is 6.92 Å². The van der Waals surface area contributed by atoms with E-state index >= 15 is 0 Å². The Labute approximate surface area is 150 Å². The van der Waals surface area contributed by atoms with Crippen LogP contribution in [-0.4, -0.2) is 50.6 Å². The molecule has 1 unspecified atom stereocenters. The largest absolute Gasteiger partial charge is 0.442 e. The number of hydrogen-bond acceptors (Lipinski definition) is 5. The minimum absolute atomic E-state index is 0.133. The van der Waals surface area contributed by atoms with E-state index < -0.39 is 18.0 Å². The van der Waals surface area contributed by atoms with Crippen molar-refractivity contribution in [1.29, 1.82) is 0 Å². The first kappa shape index (κ1) is 16.8. The van der Waals surface area contributed by atoms with Gasteiger partial charge in [-0.05, 0) is 30.0 Å². The highest BCUT2D eigenvalue weighted by molar-refractivity contribution is 5.90. The fourth-order valence-corrected chi connectivity index (χ4v) is 3.99. The van der Waals surface area contributed by atoms with Crippen molar-refractivity contribution in [2.75, 3.05) is 36.0 Å². The maximum atomic E-state index is 14.6. The lowest BCUT2D eigenvalue weighted by atomic mass is 10.2. The Hall–Kier alpha value is -2.64. The number of amides is 2. The van der Waals surface area contributed by atoms with Gasteiger partial charge in [-0.1, -0.05) is 0 Å². The molecule has 0 spiro atoms. The molecule has 1 N–H and O–H groups in total. The van der Waals surface area contributed by atoms with Gasteiger partial charge in [-0.3, -0.25) is 9.69 Å². The van der Waals surface area contributed by atoms with Crippen molar-refractivity contribution in [2.45, 2.75) is 13.0 Å². The molecule has 3 aliphatic rings. The Morgan fingerprint density at radius 2 is 2.08 bits per heavy atom. The van der Waals surface area contributed by atoms with Crippen LogP contribution in [0.15, 0.2) is 18.2 Å². The first-order valence-electron chi connectivity index (χ1n) is 8.70. The van der Waals surface area contributed by atoms with Crippen molar-refractivity contribution in [1.82, 2.24) is 5.32 Å². The molecule has 2 aliphatic heterocycles. The van der Waals surface area contributed by atoms with E-state index in [-0.39, 0.29) is 24.9 Å². The average Bonchev–Trinajstić information content (AvgIpc) is 2.93. The van der Waals surface area contributed by atoms with Crippen molar-refractivity contribution in [3.63, 3.8) is 0 Å². The average molecular weight is 361 g/mol. The first-order valence-corrected chi connectivity index (χ1v) is 8.70. The van der Waals surface area contributed by atoms with Crippen LogP contribution in [0.25, 0.3) is 0 Å². The summed E-state index contributed by atoms with van der Waals surface area (Å²) in [5.41, 5.74) is 0.921. The molecule has 138 valence electrons. The number of cyclic esters (lactones) is 1. The third kappa shape index (κ3) is 2.89. The quantitative estimate of drug-likeness (QED) is 0.797. The maximum absolute atomic E-state index is 14.6. The summed E-state index contributed by atoms with van der Waals surface area (Å²) in [7, 11) is 0. The lowest BCUT2D eigenvalue weighted by Gasteiger charge is -2.23. The van der Waals surface area contributed by atoms with Crippen LogP contribution in [0, 0.1) is 23.6 Å². The van der Waals surface area contributed by atoms with Crippen LogP contribution >= 0.6 is 0 Å². The molecule has 0 radical (unpaired) electrons. The monoisotopic (exact) mass is 361 g/mol. The van der Waals surface area contributed by atoms with E-state index in [1.54, 1.807) is 12.1 Å². The standard InChI is InChI=1S/C18H20FN3O4/c1-10(24)20-5-12-6-22(18(25)26-12)11-2-3-17(16(19)4-11)21-7-13-14(8-21)15(13)9-23/h2-4,9,12-15H,5-8H2,1H3,(H,20,24)/t12-,13-,14+,15?/m0/s1. The number of anilines is 2. The van der Waals surface area contributed by atoms with Crippen molar-refractivity contribution in [3.05, 3.63) is 24.0 Å². The molecular formula is C18H20FN3O4. The third-order valence-electron chi connectivity index (χ3n) is 5.45. The van der Waals surface area contributed by atoms with Crippen molar-refractivity contribution in [3.8, 4) is 0 Å². The number of nitrogens with zero attached hydrogens (tertiary/aromatic N) is 2. The zero-order valence-corrected chi connectivity index (χ0v) is 14.4. The molecule has 2 heterocycles. The summed E-state index contributed by atoms with van der Waals surface area (Å²) in [6, 6.07) is 4.69. The molecule has 4 atom stereocenters. The van der Waals surface area contributed by atoms with Gasteiger partial charge < -0.3 is 19.7 Å². The number of hydrogen-bond donors (Lipinski definition) is 1. The van der Waals surface area contributed by atoms with Crippen molar-refractivity contribution in [2.24, 2.45) is 17.8 Å². The lowest BCUT2D eigenvalue weighted by Crippen LogP contribution is -2.33. The number of aldehydes is 1. The zero-order chi connectivity index (χ0) is 18.4. The van der Waals surface area contributed by atoms with Crippen LogP contribution in [0.2, 0.25) is 0 Å². The summed E-state index contributed by atoms with van der Waals surface area (Å²) in [5, 5.41) is 2.61. The molecule has 4 rings (SSSR count). The molecular weight excluding hydrogens is 341 g/mol. The van der Waals surface area contributed by atoms with Gasteiger partial charge in [0.25, 0.3) is 0 Å². The number of ether oxygens (including phenoxy) is 1. The van der Waals surface area contributed by atoms with Gasteiger partial charge in [0.1, 0.15) is 18.2 Å². The summed E-state index contributed by atoms with van der Waals surface area (Å²) in [5.74, 6) is 0.220. The summed E-state index contributed by atoms with van der Waals surface area (Å²) >= 11 is 0. The highest BCUT2D eigenvalue weighted by atomic mass is 19.1. The SMILES string of the molecule is CC(=O)NC[C@H]1CN(c2ccc(N3C[C@@H]4C(C=O)[C@@H]4C3)c(F)c2)C(=O)O1. The highest BCUT2D eigenvalue weighted by Gasteiger charge is 2.55. The smallest absolute Gasteiger partial charge is 0.414 e. The third-order valence-corrected chi connectivity index (χ3v) is 5.45. The normalized spacial score (nSPS) is 29.4. The lowest BCUT2D eigenvalue weighted by molar-refractivity contribution is -0.119. The molecule has 2 amide bonds. The van der Waals surface area contributed by atoms with Crippen LogP contribution in [0.4, 0.5) is 20.6 Å². The van der Waals surface area contributed by atoms with Crippen LogP contribution in [0.5, 0.6) is 0 Å². The summed E-state index contributed by atoms with van der Waals surface area (Å²) < 4.78 is 19.8.